The number of hydrogen-bond acceptors (Lipinski definition) is 3. The van der Waals surface area contributed by atoms with Crippen LogP contribution in [0.5, 0.6) is 0 Å². The van der Waals surface area contributed by atoms with E-state index in [-0.39, 0.29) is 0 Å². The van der Waals surface area contributed by atoms with E-state index in [9.17, 15) is 9.59 Å². The molecule has 0 amide bonds. The number of nitrogens with zero attached hydrogens (tertiary/aromatic N) is 1. The Morgan fingerprint density at radius 2 is 0.931 bits per heavy atom. The molecule has 170 valence electrons. The monoisotopic (exact) mass is 411 g/mol. The van der Waals surface area contributed by atoms with E-state index in [0.717, 1.165) is 25.7 Å². The minimum atomic E-state index is -0.670. The molecular formula is C24H45NO4. The van der Waals surface area contributed by atoms with Crippen LogP contribution in [0.4, 0.5) is 0 Å². The third-order valence-corrected chi connectivity index (χ3v) is 6.41. The minimum absolute atomic E-state index is 0.320. The summed E-state index contributed by atoms with van der Waals surface area (Å²) in [6.45, 7) is 2.52. The van der Waals surface area contributed by atoms with Gasteiger partial charge in [-0.2, -0.15) is 0 Å². The van der Waals surface area contributed by atoms with Crippen LogP contribution in [0.15, 0.2) is 0 Å². The highest BCUT2D eigenvalue weighted by atomic mass is 16.4. The maximum Gasteiger partial charge on any atom is 0.303 e. The van der Waals surface area contributed by atoms with Crippen LogP contribution in [0.2, 0.25) is 0 Å². The van der Waals surface area contributed by atoms with E-state index in [1.165, 1.54) is 90.1 Å². The number of carbonyl (C=O) groups is 2. The molecule has 1 saturated heterocycles. The molecule has 0 bridgehead atoms. The van der Waals surface area contributed by atoms with Crippen LogP contribution in [0.1, 0.15) is 116 Å². The van der Waals surface area contributed by atoms with Gasteiger partial charge < -0.3 is 15.1 Å². The summed E-state index contributed by atoms with van der Waals surface area (Å²) in [6, 6.07) is 0. The lowest BCUT2D eigenvalue weighted by Gasteiger charge is -2.49. The molecule has 2 N–H and O–H groups in total. The summed E-state index contributed by atoms with van der Waals surface area (Å²) in [7, 11) is 2.23. The van der Waals surface area contributed by atoms with E-state index in [0.29, 0.717) is 18.3 Å². The molecular weight excluding hydrogens is 366 g/mol. The molecule has 0 aromatic heterocycles. The van der Waals surface area contributed by atoms with Crippen LogP contribution < -0.4 is 0 Å². The zero-order valence-corrected chi connectivity index (χ0v) is 18.8. The first-order valence-corrected chi connectivity index (χ1v) is 12.1. The Bertz CT molecular complexity index is 412. The molecule has 0 aromatic carbocycles. The molecule has 1 aliphatic rings. The predicted octanol–water partition coefficient (Wildman–Crippen LogP) is 6.11. The number of unbranched alkanes of at least 4 members (excludes halogenated alkanes) is 12. The standard InChI is InChI=1S/C24H45NO4/c1-25-20-24(21-25,18-14-10-6-2-4-8-12-16-22(26)27)19-15-11-7-3-5-9-13-17-23(28)29/h2-21H2,1H3,(H,26,27)(H,28,29). The van der Waals surface area contributed by atoms with Crippen LogP contribution in [0, 0.1) is 5.41 Å². The number of carboxylic acid groups (broad SMARTS) is 2. The van der Waals surface area contributed by atoms with E-state index in [4.69, 9.17) is 10.2 Å². The fourth-order valence-corrected chi connectivity index (χ4v) is 4.86. The van der Waals surface area contributed by atoms with E-state index < -0.39 is 11.9 Å². The van der Waals surface area contributed by atoms with Gasteiger partial charge in [-0.3, -0.25) is 9.59 Å². The summed E-state index contributed by atoms with van der Waals surface area (Å²) >= 11 is 0. The summed E-state index contributed by atoms with van der Waals surface area (Å²) in [5.41, 5.74) is 0.567. The van der Waals surface area contributed by atoms with Crippen molar-refractivity contribution in [1.82, 2.24) is 4.90 Å². The lowest BCUT2D eigenvalue weighted by molar-refractivity contribution is -0.138. The van der Waals surface area contributed by atoms with Gasteiger partial charge in [0.2, 0.25) is 0 Å². The Morgan fingerprint density at radius 3 is 1.24 bits per heavy atom. The molecule has 1 heterocycles. The van der Waals surface area contributed by atoms with Crippen LogP contribution in [0.25, 0.3) is 0 Å². The van der Waals surface area contributed by atoms with Gasteiger partial charge in [0.25, 0.3) is 0 Å². The van der Waals surface area contributed by atoms with Crippen LogP contribution in [-0.2, 0) is 9.59 Å². The number of aliphatic carboxylic acids is 2. The van der Waals surface area contributed by atoms with E-state index in [1.54, 1.807) is 0 Å². The van der Waals surface area contributed by atoms with Crippen molar-refractivity contribution in [2.45, 2.75) is 116 Å². The first kappa shape index (κ1) is 25.9. The number of carboxylic acids is 2. The average Bonchev–Trinajstić information content (AvgIpc) is 2.63. The van der Waals surface area contributed by atoms with Gasteiger partial charge in [-0.05, 0) is 38.1 Å². The molecule has 5 heteroatoms. The van der Waals surface area contributed by atoms with Gasteiger partial charge in [0.15, 0.2) is 0 Å². The number of rotatable bonds is 20. The molecule has 0 saturated carbocycles. The Morgan fingerprint density at radius 1 is 0.621 bits per heavy atom. The lowest BCUT2D eigenvalue weighted by Crippen LogP contribution is -2.54. The molecule has 0 unspecified atom stereocenters. The zero-order chi connectivity index (χ0) is 21.4. The quantitative estimate of drug-likeness (QED) is 0.236. The van der Waals surface area contributed by atoms with Crippen molar-refractivity contribution in [2.24, 2.45) is 5.41 Å². The fraction of sp³-hybridized carbons (Fsp3) is 0.917. The lowest BCUT2D eigenvalue weighted by atomic mass is 9.72. The first-order chi connectivity index (χ1) is 13.9. The van der Waals surface area contributed by atoms with Gasteiger partial charge in [-0.25, -0.2) is 0 Å². The third-order valence-electron chi connectivity index (χ3n) is 6.41. The van der Waals surface area contributed by atoms with E-state index >= 15 is 0 Å². The molecule has 0 aliphatic carbocycles. The fourth-order valence-electron chi connectivity index (χ4n) is 4.86. The second-order valence-corrected chi connectivity index (χ2v) is 9.41. The Hall–Kier alpha value is -1.10. The molecule has 0 atom stereocenters. The van der Waals surface area contributed by atoms with Gasteiger partial charge in [-0.1, -0.05) is 77.0 Å². The van der Waals surface area contributed by atoms with Gasteiger partial charge in [-0.15, -0.1) is 0 Å². The van der Waals surface area contributed by atoms with Gasteiger partial charge in [0.1, 0.15) is 0 Å². The van der Waals surface area contributed by atoms with Crippen molar-refractivity contribution < 1.29 is 19.8 Å². The SMILES string of the molecule is CN1CC(CCCCCCCCCC(=O)O)(CCCCCCCCCC(=O)O)C1. The van der Waals surface area contributed by atoms with Crippen molar-refractivity contribution in [3.63, 3.8) is 0 Å². The van der Waals surface area contributed by atoms with E-state index in [2.05, 4.69) is 11.9 Å². The Balaban J connectivity index is 1.98. The smallest absolute Gasteiger partial charge is 0.303 e. The average molecular weight is 412 g/mol. The number of hydrogen-bond donors (Lipinski definition) is 2. The molecule has 0 aromatic rings. The molecule has 1 aliphatic heterocycles. The minimum Gasteiger partial charge on any atom is -0.481 e. The van der Waals surface area contributed by atoms with Gasteiger partial charge in [0.05, 0.1) is 0 Å². The largest absolute Gasteiger partial charge is 0.481 e. The summed E-state index contributed by atoms with van der Waals surface area (Å²) in [4.78, 5) is 23.4. The first-order valence-electron chi connectivity index (χ1n) is 12.1. The maximum absolute atomic E-state index is 10.5. The molecule has 0 spiro atoms. The normalized spacial score (nSPS) is 15.9. The summed E-state index contributed by atoms with van der Waals surface area (Å²) in [5.74, 6) is -1.34. The zero-order valence-electron chi connectivity index (χ0n) is 18.8. The predicted molar refractivity (Wildman–Crippen MR) is 118 cm³/mol. The highest BCUT2D eigenvalue weighted by molar-refractivity contribution is 5.66. The second kappa shape index (κ2) is 15.7. The molecule has 5 nitrogen and oxygen atoms in total. The summed E-state index contributed by atoms with van der Waals surface area (Å²) in [6.07, 6.45) is 19.9. The van der Waals surface area contributed by atoms with E-state index in [1.807, 2.05) is 0 Å². The van der Waals surface area contributed by atoms with Gasteiger partial charge >= 0.3 is 11.9 Å². The van der Waals surface area contributed by atoms with Crippen molar-refractivity contribution >= 4 is 11.9 Å². The number of likely N-dealkylation sites (tertiary alicyclic amines) is 1. The summed E-state index contributed by atoms with van der Waals surface area (Å²) in [5, 5.41) is 17.3. The van der Waals surface area contributed by atoms with Crippen LogP contribution >= 0.6 is 0 Å². The molecule has 29 heavy (non-hydrogen) atoms. The topological polar surface area (TPSA) is 77.8 Å². The van der Waals surface area contributed by atoms with Crippen molar-refractivity contribution in [3.8, 4) is 0 Å². The highest BCUT2D eigenvalue weighted by Crippen LogP contribution is 2.39. The highest BCUT2D eigenvalue weighted by Gasteiger charge is 2.39. The van der Waals surface area contributed by atoms with Crippen LogP contribution in [-0.4, -0.2) is 47.2 Å². The van der Waals surface area contributed by atoms with Crippen LogP contribution in [0.3, 0.4) is 0 Å². The molecule has 1 fully saturated rings. The Kier molecular flexibility index (Phi) is 14.0. The summed E-state index contributed by atoms with van der Waals surface area (Å²) < 4.78 is 0. The molecule has 1 rings (SSSR count). The van der Waals surface area contributed by atoms with Crippen molar-refractivity contribution in [1.29, 1.82) is 0 Å². The molecule has 0 radical (unpaired) electrons. The second-order valence-electron chi connectivity index (χ2n) is 9.41. The van der Waals surface area contributed by atoms with Crippen molar-refractivity contribution in [2.75, 3.05) is 20.1 Å². The maximum atomic E-state index is 10.5. The van der Waals surface area contributed by atoms with Gasteiger partial charge in [0, 0.05) is 25.9 Å². The van der Waals surface area contributed by atoms with Crippen molar-refractivity contribution in [3.05, 3.63) is 0 Å². The Labute approximate surface area is 178 Å². The third kappa shape index (κ3) is 13.7.